The number of halogens is 3. The molecule has 0 bridgehead atoms. The van der Waals surface area contributed by atoms with Gasteiger partial charge in [-0.15, -0.1) is 0 Å². The van der Waals surface area contributed by atoms with Crippen molar-refractivity contribution in [1.82, 2.24) is 21.4 Å². The molecule has 3 aromatic rings. The molecule has 1 aliphatic rings. The Hall–Kier alpha value is -4.10. The standard InChI is InChI=1S/C25H21Cl2FN8/c1-14(4-3-7-30-2)23(22-13-32-36-35-22)34-17-8-18-24(33-16-5-6-21(28)19(26)9-16)15(11-29)12-31-25(18)20(27)10-17/h3-10,12-13,23,32,34-36H,1H2,2H3,(H,31,33)/b4-3-,30-7-/t23-/m0/s1. The molecule has 5 N–H and O–H groups in total. The number of hydrogen-bond donors (Lipinski definition) is 5. The molecule has 0 fully saturated rings. The molecule has 4 rings (SSSR count). The van der Waals surface area contributed by atoms with Crippen molar-refractivity contribution in [2.24, 2.45) is 4.99 Å². The van der Waals surface area contributed by atoms with Crippen LogP contribution in [-0.2, 0) is 0 Å². The molecule has 0 aliphatic carbocycles. The Bertz CT molecular complexity index is 1460. The van der Waals surface area contributed by atoms with Gasteiger partial charge in [-0.05, 0) is 42.0 Å². The fourth-order valence-electron chi connectivity index (χ4n) is 3.58. The topological polar surface area (TPSA) is 109 Å². The number of nitrogens with zero attached hydrogens (tertiary/aromatic N) is 3. The number of pyridine rings is 1. The molecule has 0 saturated carbocycles. The van der Waals surface area contributed by atoms with Crippen LogP contribution in [0.25, 0.3) is 10.9 Å². The lowest BCUT2D eigenvalue weighted by atomic mass is 10.0. The predicted octanol–water partition coefficient (Wildman–Crippen LogP) is 5.34. The molecule has 0 saturated heterocycles. The van der Waals surface area contributed by atoms with Crippen molar-refractivity contribution in [2.45, 2.75) is 6.04 Å². The van der Waals surface area contributed by atoms with Gasteiger partial charge < -0.3 is 21.5 Å². The van der Waals surface area contributed by atoms with E-state index in [4.69, 9.17) is 23.2 Å². The molecule has 0 amide bonds. The predicted molar refractivity (Wildman–Crippen MR) is 144 cm³/mol. The summed E-state index contributed by atoms with van der Waals surface area (Å²) in [7, 11) is 1.68. The minimum absolute atomic E-state index is 0.0423. The number of hydrogen-bond acceptors (Lipinski definition) is 8. The normalized spacial score (nSPS) is 13.8. The summed E-state index contributed by atoms with van der Waals surface area (Å²) < 4.78 is 13.7. The summed E-state index contributed by atoms with van der Waals surface area (Å²) in [6.07, 6.45) is 8.50. The Balaban J connectivity index is 1.77. The Morgan fingerprint density at radius 1 is 1.25 bits per heavy atom. The van der Waals surface area contributed by atoms with Crippen LogP contribution in [0.3, 0.4) is 0 Å². The minimum Gasteiger partial charge on any atom is -0.373 e. The molecule has 1 aromatic heterocycles. The summed E-state index contributed by atoms with van der Waals surface area (Å²) in [4.78, 5) is 8.32. The second kappa shape index (κ2) is 11.1. The molecule has 182 valence electrons. The van der Waals surface area contributed by atoms with Crippen molar-refractivity contribution in [1.29, 1.82) is 5.26 Å². The number of fused-ring (bicyclic) bond motifs is 1. The van der Waals surface area contributed by atoms with Crippen LogP contribution in [0.2, 0.25) is 10.0 Å². The average molecular weight is 523 g/mol. The van der Waals surface area contributed by atoms with Gasteiger partial charge >= 0.3 is 0 Å². The zero-order valence-corrected chi connectivity index (χ0v) is 20.5. The van der Waals surface area contributed by atoms with Gasteiger partial charge in [-0.1, -0.05) is 35.9 Å². The maximum Gasteiger partial charge on any atom is 0.141 e. The highest BCUT2D eigenvalue weighted by molar-refractivity contribution is 6.36. The number of benzene rings is 2. The third kappa shape index (κ3) is 5.42. The first-order chi connectivity index (χ1) is 17.4. The van der Waals surface area contributed by atoms with E-state index in [1.807, 2.05) is 12.1 Å². The summed E-state index contributed by atoms with van der Waals surface area (Å²) in [5, 5.41) is 17.3. The number of aromatic nitrogens is 1. The van der Waals surface area contributed by atoms with Gasteiger partial charge in [0.2, 0.25) is 0 Å². The third-order valence-corrected chi connectivity index (χ3v) is 5.86. The molecular formula is C25H21Cl2FN8. The Kier molecular flexibility index (Phi) is 7.71. The average Bonchev–Trinajstić information content (AvgIpc) is 3.40. The molecular weight excluding hydrogens is 502 g/mol. The molecule has 2 heterocycles. The van der Waals surface area contributed by atoms with Crippen LogP contribution < -0.4 is 27.0 Å². The highest BCUT2D eigenvalue weighted by Gasteiger charge is 2.21. The van der Waals surface area contributed by atoms with E-state index >= 15 is 0 Å². The molecule has 0 spiro atoms. The van der Waals surface area contributed by atoms with Crippen molar-refractivity contribution in [3.8, 4) is 6.07 Å². The zero-order chi connectivity index (χ0) is 25.7. The van der Waals surface area contributed by atoms with Crippen LogP contribution in [0.15, 0.2) is 77.7 Å². The Morgan fingerprint density at radius 3 is 2.75 bits per heavy atom. The fraction of sp³-hybridized carbons (Fsp3) is 0.0800. The summed E-state index contributed by atoms with van der Waals surface area (Å²) in [5.41, 5.74) is 12.7. The largest absolute Gasteiger partial charge is 0.373 e. The number of rotatable bonds is 8. The van der Waals surface area contributed by atoms with E-state index in [9.17, 15) is 9.65 Å². The molecule has 1 aliphatic heterocycles. The second-order valence-corrected chi connectivity index (χ2v) is 8.49. The molecule has 36 heavy (non-hydrogen) atoms. The number of anilines is 3. The number of nitriles is 1. The molecule has 8 nitrogen and oxygen atoms in total. The van der Waals surface area contributed by atoms with Crippen molar-refractivity contribution in [2.75, 3.05) is 17.7 Å². The quantitative estimate of drug-likeness (QED) is 0.200. The van der Waals surface area contributed by atoms with E-state index in [1.165, 1.54) is 24.4 Å². The molecule has 1 atom stereocenters. The minimum atomic E-state index is -0.541. The molecule has 0 unspecified atom stereocenters. The smallest absolute Gasteiger partial charge is 0.141 e. The first kappa shape index (κ1) is 25.0. The van der Waals surface area contributed by atoms with Gasteiger partial charge in [-0.2, -0.15) is 10.8 Å². The lowest BCUT2D eigenvalue weighted by Crippen LogP contribution is -2.37. The van der Waals surface area contributed by atoms with Gasteiger partial charge in [0.1, 0.15) is 11.9 Å². The summed E-state index contributed by atoms with van der Waals surface area (Å²) in [5.74, 6) is -0.541. The molecule has 11 heteroatoms. The first-order valence-corrected chi connectivity index (χ1v) is 11.4. The van der Waals surface area contributed by atoms with E-state index in [0.29, 0.717) is 33.0 Å². The van der Waals surface area contributed by atoms with Gasteiger partial charge in [-0.3, -0.25) is 9.98 Å². The van der Waals surface area contributed by atoms with Crippen molar-refractivity contribution in [3.05, 3.63) is 94.2 Å². The monoisotopic (exact) mass is 522 g/mol. The Labute approximate surface area is 217 Å². The summed E-state index contributed by atoms with van der Waals surface area (Å²) >= 11 is 12.6. The van der Waals surface area contributed by atoms with E-state index in [-0.39, 0.29) is 16.6 Å². The Morgan fingerprint density at radius 2 is 2.06 bits per heavy atom. The van der Waals surface area contributed by atoms with Crippen LogP contribution in [0.4, 0.5) is 21.5 Å². The maximum atomic E-state index is 13.7. The van der Waals surface area contributed by atoms with Gasteiger partial charge in [-0.25, -0.2) is 4.39 Å². The number of aliphatic imine (C=N–C) groups is 1. The van der Waals surface area contributed by atoms with Gasteiger partial charge in [0, 0.05) is 42.4 Å². The van der Waals surface area contributed by atoms with Crippen molar-refractivity contribution < 1.29 is 4.39 Å². The lowest BCUT2D eigenvalue weighted by molar-refractivity contribution is 0.589. The van der Waals surface area contributed by atoms with E-state index < -0.39 is 5.82 Å². The summed E-state index contributed by atoms with van der Waals surface area (Å²) in [6, 6.07) is 9.57. The van der Waals surface area contributed by atoms with Crippen LogP contribution in [-0.4, -0.2) is 24.3 Å². The highest BCUT2D eigenvalue weighted by atomic mass is 35.5. The number of hydrazine groups is 2. The van der Waals surface area contributed by atoms with E-state index in [2.05, 4.69) is 49.6 Å². The van der Waals surface area contributed by atoms with Crippen LogP contribution in [0.5, 0.6) is 0 Å². The molecule has 0 radical (unpaired) electrons. The second-order valence-electron chi connectivity index (χ2n) is 7.68. The highest BCUT2D eigenvalue weighted by Crippen LogP contribution is 2.36. The van der Waals surface area contributed by atoms with E-state index in [1.54, 1.807) is 31.6 Å². The third-order valence-electron chi connectivity index (χ3n) is 5.28. The van der Waals surface area contributed by atoms with Crippen LogP contribution >= 0.6 is 23.2 Å². The van der Waals surface area contributed by atoms with E-state index in [0.717, 1.165) is 11.3 Å². The van der Waals surface area contributed by atoms with Crippen LogP contribution in [0.1, 0.15) is 5.56 Å². The van der Waals surface area contributed by atoms with Crippen LogP contribution in [0, 0.1) is 17.1 Å². The lowest BCUT2D eigenvalue weighted by Gasteiger charge is -2.22. The fourth-order valence-corrected chi connectivity index (χ4v) is 4.03. The SMILES string of the molecule is C=C(/C=C\C=N/C)[C@H](Nc1cc(Cl)c2ncc(C#N)c(Nc3ccc(F)c(Cl)c3)c2c1)C1=CNNN1. The maximum absolute atomic E-state index is 13.7. The van der Waals surface area contributed by atoms with Gasteiger partial charge in [0.25, 0.3) is 0 Å². The van der Waals surface area contributed by atoms with Crippen molar-refractivity contribution in [3.63, 3.8) is 0 Å². The first-order valence-electron chi connectivity index (χ1n) is 10.7. The number of allylic oxidation sites excluding steroid dienone is 1. The van der Waals surface area contributed by atoms with Gasteiger partial charge in [0.05, 0.1) is 38.6 Å². The van der Waals surface area contributed by atoms with Crippen molar-refractivity contribution >= 4 is 57.4 Å². The van der Waals surface area contributed by atoms with Gasteiger partial charge in [0.15, 0.2) is 0 Å². The summed E-state index contributed by atoms with van der Waals surface area (Å²) in [6.45, 7) is 4.18. The number of nitrogens with one attached hydrogen (secondary N) is 5. The molecule has 2 aromatic carbocycles. The zero-order valence-electron chi connectivity index (χ0n) is 19.0.